The van der Waals surface area contributed by atoms with Crippen LogP contribution in [0.5, 0.6) is 11.5 Å². The molecular weight excluding hydrogens is 374 g/mol. The Kier molecular flexibility index (Phi) is 4.26. The summed E-state index contributed by atoms with van der Waals surface area (Å²) in [5.41, 5.74) is 2.93. The molecule has 2 aliphatic heterocycles. The van der Waals surface area contributed by atoms with E-state index in [4.69, 9.17) is 18.5 Å². The Balaban J connectivity index is 1.41. The largest absolute Gasteiger partial charge is 0.454 e. The van der Waals surface area contributed by atoms with Gasteiger partial charge in [0, 0.05) is 30.2 Å². The second-order valence-electron chi connectivity index (χ2n) is 7.26. The average molecular weight is 395 g/mol. The molecule has 0 bridgehead atoms. The van der Waals surface area contributed by atoms with Crippen LogP contribution in [0.2, 0.25) is 0 Å². The standard InChI is InChI=1S/C21H21N3O5/c1-3-16-20(12(2)22-28-16)15-5-4-8-24(15)21(25)14-10-18(29-23-14)13-6-7-17-19(9-13)27-11-26-17/h6-7,9-10,15H,3-5,8,11H2,1-2H3/t15-/m0/s1. The fourth-order valence-corrected chi connectivity index (χ4v) is 4.12. The number of ether oxygens (including phenoxy) is 2. The van der Waals surface area contributed by atoms with Gasteiger partial charge in [-0.15, -0.1) is 0 Å². The summed E-state index contributed by atoms with van der Waals surface area (Å²) >= 11 is 0. The Labute approximate surface area is 167 Å². The maximum absolute atomic E-state index is 13.2. The smallest absolute Gasteiger partial charge is 0.276 e. The van der Waals surface area contributed by atoms with Crippen molar-refractivity contribution in [2.75, 3.05) is 13.3 Å². The van der Waals surface area contributed by atoms with Gasteiger partial charge < -0.3 is 23.4 Å². The molecule has 1 fully saturated rings. The summed E-state index contributed by atoms with van der Waals surface area (Å²) in [4.78, 5) is 15.1. The van der Waals surface area contributed by atoms with Crippen LogP contribution in [0.15, 0.2) is 33.3 Å². The van der Waals surface area contributed by atoms with Crippen LogP contribution < -0.4 is 9.47 Å². The highest BCUT2D eigenvalue weighted by Crippen LogP contribution is 2.38. The average Bonchev–Trinajstić information content (AvgIpc) is 3.52. The number of hydrogen-bond donors (Lipinski definition) is 0. The normalized spacial score (nSPS) is 17.9. The number of hydrogen-bond acceptors (Lipinski definition) is 7. The minimum absolute atomic E-state index is 0.0469. The van der Waals surface area contributed by atoms with E-state index in [-0.39, 0.29) is 24.4 Å². The Bertz CT molecular complexity index is 1070. The third kappa shape index (κ3) is 2.95. The molecule has 1 saturated heterocycles. The highest BCUT2D eigenvalue weighted by atomic mass is 16.7. The third-order valence-corrected chi connectivity index (χ3v) is 5.54. The van der Waals surface area contributed by atoms with Crippen molar-refractivity contribution in [3.05, 3.63) is 47.0 Å². The number of aromatic nitrogens is 2. The summed E-state index contributed by atoms with van der Waals surface area (Å²) in [5.74, 6) is 2.55. The minimum atomic E-state index is -0.147. The van der Waals surface area contributed by atoms with Crippen LogP contribution in [0.1, 0.15) is 53.3 Å². The van der Waals surface area contributed by atoms with Crippen LogP contribution in [-0.4, -0.2) is 34.5 Å². The molecule has 8 heteroatoms. The van der Waals surface area contributed by atoms with Gasteiger partial charge in [0.15, 0.2) is 23.0 Å². The third-order valence-electron chi connectivity index (χ3n) is 5.54. The van der Waals surface area contributed by atoms with Gasteiger partial charge in [-0.05, 0) is 38.0 Å². The molecule has 29 heavy (non-hydrogen) atoms. The summed E-state index contributed by atoms with van der Waals surface area (Å²) in [7, 11) is 0. The summed E-state index contributed by atoms with van der Waals surface area (Å²) in [6.07, 6.45) is 2.55. The molecule has 3 aromatic rings. The molecule has 0 saturated carbocycles. The predicted octanol–water partition coefficient (Wildman–Crippen LogP) is 3.91. The number of likely N-dealkylation sites (tertiary alicyclic amines) is 1. The summed E-state index contributed by atoms with van der Waals surface area (Å²) in [6.45, 7) is 4.83. The number of aryl methyl sites for hydroxylation is 2. The molecular formula is C21H21N3O5. The van der Waals surface area contributed by atoms with Crippen molar-refractivity contribution in [3.8, 4) is 22.8 Å². The van der Waals surface area contributed by atoms with Gasteiger partial charge >= 0.3 is 0 Å². The first kappa shape index (κ1) is 17.8. The lowest BCUT2D eigenvalue weighted by Gasteiger charge is -2.24. The van der Waals surface area contributed by atoms with E-state index < -0.39 is 0 Å². The highest BCUT2D eigenvalue weighted by Gasteiger charge is 2.36. The first-order chi connectivity index (χ1) is 14.2. The van der Waals surface area contributed by atoms with E-state index in [2.05, 4.69) is 10.3 Å². The zero-order valence-corrected chi connectivity index (χ0v) is 16.3. The lowest BCUT2D eigenvalue weighted by Crippen LogP contribution is -2.31. The second kappa shape index (κ2) is 6.95. The van der Waals surface area contributed by atoms with E-state index >= 15 is 0 Å². The van der Waals surface area contributed by atoms with Crippen molar-refractivity contribution >= 4 is 5.91 Å². The second-order valence-corrected chi connectivity index (χ2v) is 7.26. The summed E-state index contributed by atoms with van der Waals surface area (Å²) in [6, 6.07) is 7.13. The van der Waals surface area contributed by atoms with Crippen molar-refractivity contribution in [2.24, 2.45) is 0 Å². The molecule has 0 radical (unpaired) electrons. The van der Waals surface area contributed by atoms with Gasteiger partial charge in [-0.25, -0.2) is 0 Å². The van der Waals surface area contributed by atoms with Crippen molar-refractivity contribution in [3.63, 3.8) is 0 Å². The fraction of sp³-hybridized carbons (Fsp3) is 0.381. The van der Waals surface area contributed by atoms with Gasteiger partial charge in [-0.1, -0.05) is 17.2 Å². The van der Waals surface area contributed by atoms with Crippen LogP contribution in [-0.2, 0) is 6.42 Å². The highest BCUT2D eigenvalue weighted by molar-refractivity contribution is 5.93. The predicted molar refractivity (Wildman–Crippen MR) is 102 cm³/mol. The lowest BCUT2D eigenvalue weighted by atomic mass is 10.0. The molecule has 0 unspecified atom stereocenters. The minimum Gasteiger partial charge on any atom is -0.454 e. The van der Waals surface area contributed by atoms with E-state index in [1.54, 1.807) is 6.07 Å². The number of rotatable bonds is 4. The maximum Gasteiger partial charge on any atom is 0.276 e. The van der Waals surface area contributed by atoms with Gasteiger partial charge in [0.05, 0.1) is 11.7 Å². The van der Waals surface area contributed by atoms with Crippen LogP contribution in [0.25, 0.3) is 11.3 Å². The van der Waals surface area contributed by atoms with Gasteiger partial charge in [-0.3, -0.25) is 4.79 Å². The molecule has 1 amide bonds. The Morgan fingerprint density at radius 3 is 2.90 bits per heavy atom. The molecule has 2 aromatic heterocycles. The number of fused-ring (bicyclic) bond motifs is 1. The van der Waals surface area contributed by atoms with Crippen molar-refractivity contribution in [1.82, 2.24) is 15.2 Å². The SMILES string of the molecule is CCc1onc(C)c1[C@@H]1CCCN1C(=O)c1cc(-c2ccc3c(c2)OCO3)on1. The van der Waals surface area contributed by atoms with E-state index in [0.717, 1.165) is 41.8 Å². The van der Waals surface area contributed by atoms with Crippen LogP contribution in [0.4, 0.5) is 0 Å². The molecule has 4 heterocycles. The first-order valence-electron chi connectivity index (χ1n) is 9.78. The van der Waals surface area contributed by atoms with E-state index in [1.807, 2.05) is 36.9 Å². The van der Waals surface area contributed by atoms with Gasteiger partial charge in [0.1, 0.15) is 5.76 Å². The molecule has 0 spiro atoms. The topological polar surface area (TPSA) is 90.8 Å². The molecule has 0 N–H and O–H groups in total. The zero-order chi connectivity index (χ0) is 20.0. The molecule has 0 aliphatic carbocycles. The number of amides is 1. The van der Waals surface area contributed by atoms with Crippen molar-refractivity contribution in [2.45, 2.75) is 39.2 Å². The quantitative estimate of drug-likeness (QED) is 0.661. The Morgan fingerprint density at radius 2 is 2.03 bits per heavy atom. The zero-order valence-electron chi connectivity index (χ0n) is 16.3. The molecule has 1 aromatic carbocycles. The number of benzene rings is 1. The Hall–Kier alpha value is -3.29. The first-order valence-corrected chi connectivity index (χ1v) is 9.78. The molecule has 150 valence electrons. The molecule has 1 atom stereocenters. The summed E-state index contributed by atoms with van der Waals surface area (Å²) in [5, 5.41) is 8.14. The van der Waals surface area contributed by atoms with Crippen molar-refractivity contribution < 1.29 is 23.3 Å². The number of nitrogens with zero attached hydrogens (tertiary/aromatic N) is 3. The molecule has 5 rings (SSSR count). The fourth-order valence-electron chi connectivity index (χ4n) is 4.12. The van der Waals surface area contributed by atoms with Gasteiger partial charge in [0.2, 0.25) is 6.79 Å². The van der Waals surface area contributed by atoms with Gasteiger partial charge in [-0.2, -0.15) is 0 Å². The summed E-state index contributed by atoms with van der Waals surface area (Å²) < 4.78 is 21.7. The number of carbonyl (C=O) groups excluding carboxylic acids is 1. The van der Waals surface area contributed by atoms with Gasteiger partial charge in [0.25, 0.3) is 5.91 Å². The molecule has 8 nitrogen and oxygen atoms in total. The monoisotopic (exact) mass is 395 g/mol. The van der Waals surface area contributed by atoms with E-state index in [0.29, 0.717) is 23.8 Å². The molecule has 2 aliphatic rings. The van der Waals surface area contributed by atoms with Crippen LogP contribution in [0, 0.1) is 6.92 Å². The Morgan fingerprint density at radius 1 is 1.17 bits per heavy atom. The van der Waals surface area contributed by atoms with E-state index in [1.165, 1.54) is 0 Å². The van der Waals surface area contributed by atoms with E-state index in [9.17, 15) is 4.79 Å². The number of carbonyl (C=O) groups is 1. The van der Waals surface area contributed by atoms with Crippen LogP contribution in [0.3, 0.4) is 0 Å². The van der Waals surface area contributed by atoms with Crippen LogP contribution >= 0.6 is 0 Å². The van der Waals surface area contributed by atoms with Crippen molar-refractivity contribution in [1.29, 1.82) is 0 Å². The maximum atomic E-state index is 13.2. The lowest BCUT2D eigenvalue weighted by molar-refractivity contribution is 0.0724.